The van der Waals surface area contributed by atoms with Crippen LogP contribution >= 0.6 is 11.6 Å². The number of hydrogen-bond donors (Lipinski definition) is 3. The number of hydrogen-bond acceptors (Lipinski definition) is 2. The Morgan fingerprint density at radius 2 is 1.34 bits per heavy atom. The maximum Gasteiger partial charge on any atom is 0.279 e. The van der Waals surface area contributed by atoms with Crippen molar-refractivity contribution in [1.29, 1.82) is 0 Å². The zero-order valence-corrected chi connectivity index (χ0v) is 18.6. The summed E-state index contributed by atoms with van der Waals surface area (Å²) in [7, 11) is 1.83. The first-order valence-corrected chi connectivity index (χ1v) is 10.3. The van der Waals surface area contributed by atoms with Crippen LogP contribution in [0.5, 0.6) is 0 Å². The lowest BCUT2D eigenvalue weighted by Crippen LogP contribution is -3.11. The van der Waals surface area contributed by atoms with Gasteiger partial charge in [0.1, 0.15) is 0 Å². The molecule has 0 spiro atoms. The molecule has 0 fully saturated rings. The number of anilines is 2. The number of amides is 2. The summed E-state index contributed by atoms with van der Waals surface area (Å²) < 4.78 is 0. The third kappa shape index (κ3) is 6.87. The molecule has 0 saturated heterocycles. The Morgan fingerprint density at radius 3 is 1.83 bits per heavy atom. The second-order valence-electron chi connectivity index (χ2n) is 8.03. The molecule has 3 N–H and O–H groups in total. The number of carbonyl (C=O) groups is 2. The van der Waals surface area contributed by atoms with Gasteiger partial charge in [0.05, 0.1) is 7.05 Å². The highest BCUT2D eigenvalue weighted by Crippen LogP contribution is 2.32. The van der Waals surface area contributed by atoms with Crippen LogP contribution in [0.3, 0.4) is 0 Å². The van der Waals surface area contributed by atoms with Crippen LogP contribution in [0.4, 0.5) is 11.4 Å². The molecule has 1 unspecified atom stereocenters. The van der Waals surface area contributed by atoms with Gasteiger partial charge >= 0.3 is 0 Å². The van der Waals surface area contributed by atoms with E-state index in [9.17, 15) is 9.59 Å². The molecule has 2 rings (SSSR count). The Morgan fingerprint density at radius 1 is 0.862 bits per heavy atom. The number of para-hydroxylation sites is 1. The number of quaternary nitrogens is 1. The molecule has 6 heteroatoms. The van der Waals surface area contributed by atoms with Crippen molar-refractivity contribution in [2.24, 2.45) is 0 Å². The third-order valence-corrected chi connectivity index (χ3v) is 4.94. The van der Waals surface area contributed by atoms with Gasteiger partial charge in [-0.2, -0.15) is 0 Å². The average molecular weight is 417 g/mol. The van der Waals surface area contributed by atoms with Crippen LogP contribution in [0.15, 0.2) is 42.5 Å². The summed E-state index contributed by atoms with van der Waals surface area (Å²) >= 11 is 5.86. The lowest BCUT2D eigenvalue weighted by atomic mass is 9.92. The van der Waals surface area contributed by atoms with Gasteiger partial charge in [-0.05, 0) is 47.2 Å². The van der Waals surface area contributed by atoms with Crippen molar-refractivity contribution < 1.29 is 14.5 Å². The van der Waals surface area contributed by atoms with Gasteiger partial charge in [0, 0.05) is 16.4 Å². The Hall–Kier alpha value is -2.37. The van der Waals surface area contributed by atoms with Crippen LogP contribution in [0, 0.1) is 0 Å². The standard InChI is InChI=1S/C23H30ClN3O2/c1-15(2)19-7-6-8-20(16(3)4)23(19)26-22(29)14-27(5)13-21(28)25-18-11-9-17(24)10-12-18/h6-12,15-16H,13-14H2,1-5H3,(H,25,28)(H,26,29)/p+1. The van der Waals surface area contributed by atoms with E-state index in [1.54, 1.807) is 24.3 Å². The minimum absolute atomic E-state index is 0.100. The Balaban J connectivity index is 1.98. The predicted molar refractivity (Wildman–Crippen MR) is 120 cm³/mol. The second kappa shape index (κ2) is 10.4. The van der Waals surface area contributed by atoms with Gasteiger partial charge in [0.2, 0.25) is 0 Å². The smallest absolute Gasteiger partial charge is 0.279 e. The maximum absolute atomic E-state index is 12.7. The molecule has 2 amide bonds. The first-order valence-electron chi connectivity index (χ1n) is 9.96. The molecule has 0 aromatic heterocycles. The van der Waals surface area contributed by atoms with E-state index in [0.29, 0.717) is 22.5 Å². The van der Waals surface area contributed by atoms with Crippen molar-refractivity contribution in [3.05, 3.63) is 58.6 Å². The van der Waals surface area contributed by atoms with Gasteiger partial charge < -0.3 is 15.5 Å². The molecule has 1 atom stereocenters. The topological polar surface area (TPSA) is 62.6 Å². The third-order valence-electron chi connectivity index (χ3n) is 4.69. The Bertz CT molecular complexity index is 821. The normalized spacial score (nSPS) is 12.1. The van der Waals surface area contributed by atoms with E-state index in [1.807, 2.05) is 13.1 Å². The van der Waals surface area contributed by atoms with Crippen LogP contribution in [0.25, 0.3) is 0 Å². The monoisotopic (exact) mass is 416 g/mol. The SMILES string of the molecule is CC(C)c1cccc(C(C)C)c1NC(=O)C[NH+](C)CC(=O)Nc1ccc(Cl)cc1. The Kier molecular flexibility index (Phi) is 8.23. The minimum Gasteiger partial charge on any atom is -0.322 e. The number of likely N-dealkylation sites (N-methyl/N-ethyl adjacent to an activating group) is 1. The van der Waals surface area contributed by atoms with Crippen LogP contribution in [-0.4, -0.2) is 32.0 Å². The molecule has 5 nitrogen and oxygen atoms in total. The summed E-state index contributed by atoms with van der Waals surface area (Å²) in [5.41, 5.74) is 3.84. The lowest BCUT2D eigenvalue weighted by molar-refractivity contribution is -0.862. The summed E-state index contributed by atoms with van der Waals surface area (Å²) in [4.78, 5) is 25.7. The molecule has 2 aromatic carbocycles. The maximum atomic E-state index is 12.7. The van der Waals surface area contributed by atoms with E-state index in [-0.39, 0.29) is 24.9 Å². The molecule has 0 aliphatic heterocycles. The molecule has 0 heterocycles. The molecular weight excluding hydrogens is 386 g/mol. The van der Waals surface area contributed by atoms with Crippen molar-refractivity contribution in [3.63, 3.8) is 0 Å². The van der Waals surface area contributed by atoms with Gasteiger partial charge in [-0.3, -0.25) is 9.59 Å². The van der Waals surface area contributed by atoms with Crippen LogP contribution in [-0.2, 0) is 9.59 Å². The van der Waals surface area contributed by atoms with Crippen molar-refractivity contribution in [1.82, 2.24) is 0 Å². The van der Waals surface area contributed by atoms with Gasteiger partial charge in [-0.1, -0.05) is 57.5 Å². The largest absolute Gasteiger partial charge is 0.322 e. The zero-order valence-electron chi connectivity index (χ0n) is 17.8. The van der Waals surface area contributed by atoms with Gasteiger partial charge in [-0.15, -0.1) is 0 Å². The first kappa shape index (κ1) is 22.9. The second-order valence-corrected chi connectivity index (χ2v) is 8.47. The van der Waals surface area contributed by atoms with E-state index in [2.05, 4.69) is 50.5 Å². The van der Waals surface area contributed by atoms with Crippen molar-refractivity contribution in [2.45, 2.75) is 39.5 Å². The number of halogens is 1. The van der Waals surface area contributed by atoms with E-state index < -0.39 is 0 Å². The minimum atomic E-state index is -0.150. The quantitative estimate of drug-likeness (QED) is 0.614. The summed E-state index contributed by atoms with van der Waals surface area (Å²) in [6.45, 7) is 8.87. The highest BCUT2D eigenvalue weighted by atomic mass is 35.5. The van der Waals surface area contributed by atoms with Crippen LogP contribution in [0.2, 0.25) is 5.02 Å². The summed E-state index contributed by atoms with van der Waals surface area (Å²) in [5.74, 6) is 0.360. The molecule has 0 aliphatic carbocycles. The van der Waals surface area contributed by atoms with E-state index in [0.717, 1.165) is 21.7 Å². The van der Waals surface area contributed by atoms with E-state index >= 15 is 0 Å². The highest BCUT2D eigenvalue weighted by molar-refractivity contribution is 6.30. The van der Waals surface area contributed by atoms with Gasteiger partial charge in [-0.25, -0.2) is 0 Å². The number of rotatable bonds is 8. The fraction of sp³-hybridized carbons (Fsp3) is 0.391. The fourth-order valence-corrected chi connectivity index (χ4v) is 3.35. The average Bonchev–Trinajstić information content (AvgIpc) is 2.63. The van der Waals surface area contributed by atoms with Crippen LogP contribution < -0.4 is 15.5 Å². The van der Waals surface area contributed by atoms with Crippen molar-refractivity contribution in [2.75, 3.05) is 30.8 Å². The predicted octanol–water partition coefficient (Wildman–Crippen LogP) is 3.68. The zero-order chi connectivity index (χ0) is 21.6. The van der Waals surface area contributed by atoms with Crippen molar-refractivity contribution in [3.8, 4) is 0 Å². The summed E-state index contributed by atoms with van der Waals surface area (Å²) in [6, 6.07) is 13.1. The number of carbonyl (C=O) groups excluding carboxylic acids is 2. The molecule has 0 radical (unpaired) electrons. The first-order chi connectivity index (χ1) is 13.7. The Labute approximate surface area is 178 Å². The molecule has 0 bridgehead atoms. The van der Waals surface area contributed by atoms with Gasteiger partial charge in [0.25, 0.3) is 11.8 Å². The molecule has 156 valence electrons. The summed E-state index contributed by atoms with van der Waals surface area (Å²) in [5, 5.41) is 6.53. The summed E-state index contributed by atoms with van der Waals surface area (Å²) in [6.07, 6.45) is 0. The number of nitrogens with one attached hydrogen (secondary N) is 3. The molecule has 2 aromatic rings. The van der Waals surface area contributed by atoms with E-state index in [4.69, 9.17) is 11.6 Å². The fourth-order valence-electron chi connectivity index (χ4n) is 3.23. The molecule has 0 aliphatic rings. The van der Waals surface area contributed by atoms with E-state index in [1.165, 1.54) is 0 Å². The molecule has 29 heavy (non-hydrogen) atoms. The van der Waals surface area contributed by atoms with Crippen molar-refractivity contribution >= 4 is 34.8 Å². The molecule has 0 saturated carbocycles. The highest BCUT2D eigenvalue weighted by Gasteiger charge is 2.19. The molecular formula is C23H31ClN3O2+. The van der Waals surface area contributed by atoms with Gasteiger partial charge in [0.15, 0.2) is 13.1 Å². The number of benzene rings is 2. The van der Waals surface area contributed by atoms with Crippen LogP contribution in [0.1, 0.15) is 50.7 Å². The lowest BCUT2D eigenvalue weighted by Gasteiger charge is -2.21.